The Hall–Kier alpha value is -4.98. The topological polar surface area (TPSA) is 109 Å². The summed E-state index contributed by atoms with van der Waals surface area (Å²) in [7, 11) is 0. The van der Waals surface area contributed by atoms with E-state index in [1.54, 1.807) is 24.3 Å². The van der Waals surface area contributed by atoms with Gasteiger partial charge in [-0.1, -0.05) is 48.5 Å². The van der Waals surface area contributed by atoms with Crippen LogP contribution in [0.3, 0.4) is 0 Å². The lowest BCUT2D eigenvalue weighted by Crippen LogP contribution is -2.21. The number of nitrogens with one attached hydrogen (secondary N) is 2. The first-order valence-corrected chi connectivity index (χ1v) is 10.6. The molecule has 0 atom stereocenters. The number of amidine groups is 2. The quantitative estimate of drug-likeness (QED) is 0.501. The SMILES string of the molecule is O=C1NC(=Nc2cccc(-c3cccc(N=C4NC(=O)c5ccccc54)n3)n2)c2ccccc21. The summed E-state index contributed by atoms with van der Waals surface area (Å²) in [5.74, 6) is 1.46. The molecule has 4 heterocycles. The van der Waals surface area contributed by atoms with Crippen molar-refractivity contribution in [1.29, 1.82) is 0 Å². The van der Waals surface area contributed by atoms with E-state index in [1.165, 1.54) is 0 Å². The minimum atomic E-state index is -0.181. The highest BCUT2D eigenvalue weighted by Crippen LogP contribution is 2.24. The Labute approximate surface area is 194 Å². The Kier molecular flexibility index (Phi) is 4.55. The van der Waals surface area contributed by atoms with E-state index in [2.05, 4.69) is 30.6 Å². The van der Waals surface area contributed by atoms with Crippen molar-refractivity contribution in [2.24, 2.45) is 9.98 Å². The Morgan fingerprint density at radius 2 is 0.912 bits per heavy atom. The van der Waals surface area contributed by atoms with Gasteiger partial charge in [0.05, 0.1) is 22.5 Å². The number of hydrogen-bond acceptors (Lipinski definition) is 6. The van der Waals surface area contributed by atoms with E-state index in [1.807, 2.05) is 60.7 Å². The predicted molar refractivity (Wildman–Crippen MR) is 128 cm³/mol. The zero-order chi connectivity index (χ0) is 23.1. The lowest BCUT2D eigenvalue weighted by molar-refractivity contribution is 0.0975. The third kappa shape index (κ3) is 3.43. The van der Waals surface area contributed by atoms with Gasteiger partial charge < -0.3 is 10.6 Å². The number of aromatic nitrogens is 2. The van der Waals surface area contributed by atoms with Crippen LogP contribution in [-0.2, 0) is 0 Å². The van der Waals surface area contributed by atoms with Crippen molar-refractivity contribution in [3.05, 3.63) is 107 Å². The monoisotopic (exact) mass is 444 g/mol. The maximum absolute atomic E-state index is 12.2. The molecule has 2 aliphatic heterocycles. The van der Waals surface area contributed by atoms with Crippen molar-refractivity contribution in [3.63, 3.8) is 0 Å². The maximum Gasteiger partial charge on any atom is 0.257 e. The molecule has 2 aromatic carbocycles. The zero-order valence-electron chi connectivity index (χ0n) is 17.7. The second kappa shape index (κ2) is 7.86. The maximum atomic E-state index is 12.2. The van der Waals surface area contributed by atoms with Crippen molar-refractivity contribution < 1.29 is 9.59 Å². The van der Waals surface area contributed by atoms with Gasteiger partial charge in [-0.2, -0.15) is 0 Å². The molecule has 8 heteroatoms. The summed E-state index contributed by atoms with van der Waals surface area (Å²) in [6.45, 7) is 0. The van der Waals surface area contributed by atoms with Crippen LogP contribution >= 0.6 is 0 Å². The highest BCUT2D eigenvalue weighted by Gasteiger charge is 2.25. The molecule has 2 N–H and O–H groups in total. The van der Waals surface area contributed by atoms with Crippen molar-refractivity contribution in [1.82, 2.24) is 20.6 Å². The number of pyridine rings is 2. The van der Waals surface area contributed by atoms with Crippen LogP contribution in [0.4, 0.5) is 11.6 Å². The predicted octanol–water partition coefficient (Wildman–Crippen LogP) is 3.79. The highest BCUT2D eigenvalue weighted by molar-refractivity contribution is 6.24. The molecule has 0 bridgehead atoms. The largest absolute Gasteiger partial charge is 0.306 e. The van der Waals surface area contributed by atoms with Gasteiger partial charge in [-0.3, -0.25) is 9.59 Å². The Balaban J connectivity index is 1.33. The van der Waals surface area contributed by atoms with Crippen molar-refractivity contribution in [3.8, 4) is 11.4 Å². The molecule has 0 saturated heterocycles. The third-order valence-corrected chi connectivity index (χ3v) is 5.50. The van der Waals surface area contributed by atoms with Crippen molar-refractivity contribution in [2.75, 3.05) is 0 Å². The van der Waals surface area contributed by atoms with E-state index < -0.39 is 0 Å². The van der Waals surface area contributed by atoms with Crippen LogP contribution in [0.1, 0.15) is 31.8 Å². The number of hydrogen-bond donors (Lipinski definition) is 2. The third-order valence-electron chi connectivity index (χ3n) is 5.50. The average Bonchev–Trinajstić information content (AvgIpc) is 3.36. The van der Waals surface area contributed by atoms with Gasteiger partial charge in [0, 0.05) is 11.1 Å². The minimum Gasteiger partial charge on any atom is -0.306 e. The Morgan fingerprint density at radius 1 is 0.500 bits per heavy atom. The van der Waals surface area contributed by atoms with Gasteiger partial charge in [-0.15, -0.1) is 0 Å². The molecular weight excluding hydrogens is 428 g/mol. The molecule has 6 rings (SSSR count). The van der Waals surface area contributed by atoms with Crippen molar-refractivity contribution >= 4 is 35.1 Å². The van der Waals surface area contributed by atoms with E-state index >= 15 is 0 Å². The smallest absolute Gasteiger partial charge is 0.257 e. The van der Waals surface area contributed by atoms with E-state index in [-0.39, 0.29) is 11.8 Å². The summed E-state index contributed by atoms with van der Waals surface area (Å²) in [6, 6.07) is 25.4. The number of amides is 2. The molecule has 0 spiro atoms. The minimum absolute atomic E-state index is 0.181. The van der Waals surface area contributed by atoms with E-state index in [0.29, 0.717) is 45.8 Å². The fourth-order valence-corrected chi connectivity index (χ4v) is 3.92. The number of carbonyl (C=O) groups excluding carboxylic acids is 2. The van der Waals surface area contributed by atoms with E-state index in [0.717, 1.165) is 11.1 Å². The fraction of sp³-hybridized carbons (Fsp3) is 0. The van der Waals surface area contributed by atoms with Gasteiger partial charge >= 0.3 is 0 Å². The zero-order valence-corrected chi connectivity index (χ0v) is 17.7. The van der Waals surface area contributed by atoms with Crippen LogP contribution in [0, 0.1) is 0 Å². The second-order valence-electron chi connectivity index (χ2n) is 7.68. The van der Waals surface area contributed by atoms with Crippen LogP contribution in [0.25, 0.3) is 11.4 Å². The van der Waals surface area contributed by atoms with Gasteiger partial charge in [0.15, 0.2) is 11.6 Å². The van der Waals surface area contributed by atoms with Crippen LogP contribution in [0.2, 0.25) is 0 Å². The lowest BCUT2D eigenvalue weighted by Gasteiger charge is -2.04. The van der Waals surface area contributed by atoms with Crippen LogP contribution in [0.5, 0.6) is 0 Å². The molecule has 0 fully saturated rings. The molecule has 2 amide bonds. The normalized spacial score (nSPS) is 16.4. The van der Waals surface area contributed by atoms with E-state index in [9.17, 15) is 9.59 Å². The second-order valence-corrected chi connectivity index (χ2v) is 7.68. The van der Waals surface area contributed by atoms with Gasteiger partial charge in [-0.25, -0.2) is 20.0 Å². The van der Waals surface area contributed by atoms with Gasteiger partial charge in [-0.05, 0) is 36.4 Å². The molecule has 2 aliphatic rings. The molecule has 2 aromatic heterocycles. The fourth-order valence-electron chi connectivity index (χ4n) is 3.92. The standard InChI is InChI=1S/C26H16N6O2/c33-25-17-9-3-1-7-15(17)23(31-25)29-21-13-5-11-19(27-21)20-12-6-14-22(28-20)30-24-16-8-2-4-10-18(16)26(34)32-24/h1-14H,(H,27,29,31,33)(H,28,30,32,34). The van der Waals surface area contributed by atoms with Gasteiger partial charge in [0.2, 0.25) is 0 Å². The highest BCUT2D eigenvalue weighted by atomic mass is 16.2. The lowest BCUT2D eigenvalue weighted by atomic mass is 10.1. The summed E-state index contributed by atoms with van der Waals surface area (Å²) in [4.78, 5) is 42.6. The molecule has 4 aromatic rings. The number of rotatable bonds is 3. The van der Waals surface area contributed by atoms with Gasteiger partial charge in [0.25, 0.3) is 11.8 Å². The van der Waals surface area contributed by atoms with E-state index in [4.69, 9.17) is 0 Å². The molecule has 34 heavy (non-hydrogen) atoms. The van der Waals surface area contributed by atoms with Gasteiger partial charge in [0.1, 0.15) is 11.7 Å². The summed E-state index contributed by atoms with van der Waals surface area (Å²) >= 11 is 0. The Bertz CT molecular complexity index is 1440. The Morgan fingerprint density at radius 3 is 1.35 bits per heavy atom. The number of benzene rings is 2. The molecule has 0 radical (unpaired) electrons. The molecule has 162 valence electrons. The van der Waals surface area contributed by atoms with Crippen LogP contribution in [-0.4, -0.2) is 33.5 Å². The number of aliphatic imine (C=N–C) groups is 2. The van der Waals surface area contributed by atoms with Crippen molar-refractivity contribution in [2.45, 2.75) is 0 Å². The molecule has 8 nitrogen and oxygen atoms in total. The molecule has 0 saturated carbocycles. The average molecular weight is 444 g/mol. The summed E-state index contributed by atoms with van der Waals surface area (Å²) in [6.07, 6.45) is 0. The van der Waals surface area contributed by atoms with Crippen LogP contribution < -0.4 is 10.6 Å². The first-order valence-electron chi connectivity index (χ1n) is 10.6. The summed E-state index contributed by atoms with van der Waals surface area (Å²) < 4.78 is 0. The first kappa shape index (κ1) is 19.7. The number of carbonyl (C=O) groups is 2. The van der Waals surface area contributed by atoms with Crippen LogP contribution in [0.15, 0.2) is 94.9 Å². The molecule has 0 aliphatic carbocycles. The number of nitrogens with zero attached hydrogens (tertiary/aromatic N) is 4. The number of fused-ring (bicyclic) bond motifs is 2. The summed E-state index contributed by atoms with van der Waals surface area (Å²) in [5.41, 5.74) is 3.89. The summed E-state index contributed by atoms with van der Waals surface area (Å²) in [5, 5.41) is 5.58. The molecule has 0 unspecified atom stereocenters. The molecular formula is C26H16N6O2. The first-order chi connectivity index (χ1) is 16.7.